The number of hydrogen-bond acceptors (Lipinski definition) is 4. The number of nitrogens with zero attached hydrogens (tertiary/aromatic N) is 2. The van der Waals surface area contributed by atoms with Crippen LogP contribution in [0.3, 0.4) is 0 Å². The van der Waals surface area contributed by atoms with Crippen LogP contribution in [0.2, 0.25) is 0 Å². The first-order valence-electron chi connectivity index (χ1n) is 9.73. The van der Waals surface area contributed by atoms with Gasteiger partial charge in [0.05, 0.1) is 19.8 Å². The average Bonchev–Trinajstić information content (AvgIpc) is 2.74. The summed E-state index contributed by atoms with van der Waals surface area (Å²) in [7, 11) is 0. The molecule has 144 valence electrons. The highest BCUT2D eigenvalue weighted by molar-refractivity contribution is 5.93. The lowest BCUT2D eigenvalue weighted by Crippen LogP contribution is -2.41. The van der Waals surface area contributed by atoms with Crippen LogP contribution in [0.15, 0.2) is 60.7 Å². The van der Waals surface area contributed by atoms with E-state index in [1.807, 2.05) is 53.4 Å². The number of benzene rings is 2. The number of carbonyl (C=O) groups is 1. The molecule has 0 aliphatic carbocycles. The van der Waals surface area contributed by atoms with Crippen molar-refractivity contribution in [3.05, 3.63) is 66.2 Å². The molecule has 0 unspecified atom stereocenters. The second kappa shape index (κ2) is 10.8. The zero-order chi connectivity index (χ0) is 18.7. The quantitative estimate of drug-likeness (QED) is 0.692. The van der Waals surface area contributed by atoms with Gasteiger partial charge in [-0.1, -0.05) is 48.5 Å². The number of anilines is 1. The largest absolute Gasteiger partial charge is 0.379 e. The van der Waals surface area contributed by atoms with E-state index in [2.05, 4.69) is 22.3 Å². The highest BCUT2D eigenvalue weighted by Gasteiger charge is 2.16. The summed E-state index contributed by atoms with van der Waals surface area (Å²) in [4.78, 5) is 17.1. The van der Waals surface area contributed by atoms with Gasteiger partial charge in [-0.2, -0.15) is 0 Å². The summed E-state index contributed by atoms with van der Waals surface area (Å²) in [5.74, 6) is 0.143. The molecule has 0 saturated carbocycles. The molecule has 27 heavy (non-hydrogen) atoms. The maximum absolute atomic E-state index is 12.9. The van der Waals surface area contributed by atoms with Crippen molar-refractivity contribution in [2.24, 2.45) is 0 Å². The third-order valence-corrected chi connectivity index (χ3v) is 4.78. The van der Waals surface area contributed by atoms with Gasteiger partial charge in [0.2, 0.25) is 5.91 Å². The normalized spacial score (nSPS) is 14.8. The fourth-order valence-corrected chi connectivity index (χ4v) is 3.21. The molecule has 5 nitrogen and oxygen atoms in total. The van der Waals surface area contributed by atoms with Crippen LogP contribution in [0.1, 0.15) is 12.0 Å². The van der Waals surface area contributed by atoms with E-state index in [9.17, 15) is 4.79 Å². The lowest BCUT2D eigenvalue weighted by Gasteiger charge is -2.26. The molecule has 1 N–H and O–H groups in total. The smallest absolute Gasteiger partial charge is 0.228 e. The van der Waals surface area contributed by atoms with E-state index in [4.69, 9.17) is 4.74 Å². The number of hydrogen-bond donors (Lipinski definition) is 1. The van der Waals surface area contributed by atoms with Crippen LogP contribution >= 0.6 is 0 Å². The Balaban J connectivity index is 1.48. The summed E-state index contributed by atoms with van der Waals surface area (Å²) < 4.78 is 5.36. The van der Waals surface area contributed by atoms with Crippen LogP contribution in [-0.2, 0) is 16.1 Å². The van der Waals surface area contributed by atoms with Gasteiger partial charge in [-0.25, -0.2) is 0 Å². The zero-order valence-electron chi connectivity index (χ0n) is 15.8. The van der Waals surface area contributed by atoms with Gasteiger partial charge in [-0.15, -0.1) is 0 Å². The molecule has 0 radical (unpaired) electrons. The third-order valence-electron chi connectivity index (χ3n) is 4.78. The predicted molar refractivity (Wildman–Crippen MR) is 109 cm³/mol. The number of morpholine rings is 1. The van der Waals surface area contributed by atoms with Crippen LogP contribution in [0, 0.1) is 0 Å². The Morgan fingerprint density at radius 3 is 2.33 bits per heavy atom. The molecule has 1 fully saturated rings. The van der Waals surface area contributed by atoms with Gasteiger partial charge in [0, 0.05) is 44.8 Å². The minimum Gasteiger partial charge on any atom is -0.379 e. The van der Waals surface area contributed by atoms with E-state index in [-0.39, 0.29) is 5.91 Å². The zero-order valence-corrected chi connectivity index (χ0v) is 15.8. The molecule has 1 aliphatic heterocycles. The van der Waals surface area contributed by atoms with Crippen LogP contribution < -0.4 is 10.2 Å². The van der Waals surface area contributed by atoms with Crippen LogP contribution in [0.5, 0.6) is 0 Å². The van der Waals surface area contributed by atoms with Crippen molar-refractivity contribution >= 4 is 11.6 Å². The first-order valence-corrected chi connectivity index (χ1v) is 9.73. The monoisotopic (exact) mass is 367 g/mol. The summed E-state index contributed by atoms with van der Waals surface area (Å²) in [6.45, 7) is 6.84. The Labute approximate surface area is 161 Å². The van der Waals surface area contributed by atoms with Gasteiger partial charge in [-0.3, -0.25) is 9.69 Å². The Bertz CT molecular complexity index is 672. The number of amides is 1. The first-order chi connectivity index (χ1) is 13.3. The van der Waals surface area contributed by atoms with Gasteiger partial charge in [0.15, 0.2) is 0 Å². The Morgan fingerprint density at radius 1 is 0.963 bits per heavy atom. The van der Waals surface area contributed by atoms with Gasteiger partial charge < -0.3 is 15.0 Å². The number of nitrogens with one attached hydrogen (secondary N) is 1. The van der Waals surface area contributed by atoms with Crippen molar-refractivity contribution in [1.29, 1.82) is 0 Å². The van der Waals surface area contributed by atoms with Gasteiger partial charge in [0.1, 0.15) is 0 Å². The van der Waals surface area contributed by atoms with Crippen LogP contribution in [-0.4, -0.2) is 56.7 Å². The van der Waals surface area contributed by atoms with E-state index in [1.54, 1.807) is 0 Å². The standard InChI is InChI=1S/C22H29N3O2/c26-22(11-12-23-13-14-24-15-17-27-18-16-24)25(21-9-5-2-6-10-21)19-20-7-3-1-4-8-20/h1-10,23H,11-19H2. The maximum Gasteiger partial charge on any atom is 0.228 e. The molecule has 0 atom stereocenters. The second-order valence-corrected chi connectivity index (χ2v) is 6.76. The molecule has 2 aromatic rings. The molecule has 3 rings (SSSR count). The predicted octanol–water partition coefficient (Wildman–Crippen LogP) is 2.53. The lowest BCUT2D eigenvalue weighted by atomic mass is 10.2. The molecular weight excluding hydrogens is 338 g/mol. The van der Waals surface area contributed by atoms with Crippen molar-refractivity contribution in [1.82, 2.24) is 10.2 Å². The topological polar surface area (TPSA) is 44.8 Å². The minimum atomic E-state index is 0.143. The highest BCUT2D eigenvalue weighted by atomic mass is 16.5. The first kappa shape index (κ1) is 19.5. The highest BCUT2D eigenvalue weighted by Crippen LogP contribution is 2.18. The van der Waals surface area contributed by atoms with Gasteiger partial charge >= 0.3 is 0 Å². The summed E-state index contributed by atoms with van der Waals surface area (Å²) >= 11 is 0. The molecule has 1 amide bonds. The Morgan fingerprint density at radius 2 is 1.63 bits per heavy atom. The number of para-hydroxylation sites is 1. The molecule has 5 heteroatoms. The fraction of sp³-hybridized carbons (Fsp3) is 0.409. The fourth-order valence-electron chi connectivity index (χ4n) is 3.21. The summed E-state index contributed by atoms with van der Waals surface area (Å²) in [6, 6.07) is 20.0. The molecular formula is C22H29N3O2. The van der Waals surface area contributed by atoms with Gasteiger partial charge in [-0.05, 0) is 17.7 Å². The average molecular weight is 367 g/mol. The van der Waals surface area contributed by atoms with E-state index in [0.717, 1.165) is 50.6 Å². The van der Waals surface area contributed by atoms with Gasteiger partial charge in [0.25, 0.3) is 0 Å². The van der Waals surface area contributed by atoms with Crippen LogP contribution in [0.4, 0.5) is 5.69 Å². The Hall–Kier alpha value is -2.21. The van der Waals surface area contributed by atoms with Crippen molar-refractivity contribution in [3.63, 3.8) is 0 Å². The van der Waals surface area contributed by atoms with E-state index < -0.39 is 0 Å². The number of rotatable bonds is 9. The van der Waals surface area contributed by atoms with E-state index in [1.165, 1.54) is 0 Å². The SMILES string of the molecule is O=C(CCNCCN1CCOCC1)N(Cc1ccccc1)c1ccccc1. The molecule has 0 aromatic heterocycles. The van der Waals surface area contributed by atoms with Crippen molar-refractivity contribution in [2.45, 2.75) is 13.0 Å². The number of carbonyl (C=O) groups excluding carboxylic acids is 1. The van der Waals surface area contributed by atoms with Crippen molar-refractivity contribution in [2.75, 3.05) is 50.8 Å². The molecule has 0 spiro atoms. The third kappa shape index (κ3) is 6.47. The van der Waals surface area contributed by atoms with E-state index >= 15 is 0 Å². The molecule has 2 aromatic carbocycles. The second-order valence-electron chi connectivity index (χ2n) is 6.76. The van der Waals surface area contributed by atoms with E-state index in [0.29, 0.717) is 19.5 Å². The number of ether oxygens (including phenoxy) is 1. The van der Waals surface area contributed by atoms with Crippen molar-refractivity contribution < 1.29 is 9.53 Å². The molecule has 0 bridgehead atoms. The molecule has 1 saturated heterocycles. The Kier molecular flexibility index (Phi) is 7.84. The molecule has 1 heterocycles. The molecule has 1 aliphatic rings. The summed E-state index contributed by atoms with van der Waals surface area (Å²) in [5.41, 5.74) is 2.08. The summed E-state index contributed by atoms with van der Waals surface area (Å²) in [6.07, 6.45) is 0.491. The maximum atomic E-state index is 12.9. The van der Waals surface area contributed by atoms with Crippen molar-refractivity contribution in [3.8, 4) is 0 Å². The lowest BCUT2D eigenvalue weighted by molar-refractivity contribution is -0.118. The van der Waals surface area contributed by atoms with Crippen LogP contribution in [0.25, 0.3) is 0 Å². The summed E-state index contributed by atoms with van der Waals surface area (Å²) in [5, 5.41) is 3.40. The minimum absolute atomic E-state index is 0.143.